The first-order chi connectivity index (χ1) is 16.0. The minimum absolute atomic E-state index is 0.228. The lowest BCUT2D eigenvalue weighted by Gasteiger charge is -2.29. The molecule has 1 fully saturated rings. The molecule has 1 aliphatic rings. The van der Waals surface area contributed by atoms with Crippen LogP contribution in [0.4, 0.5) is 20.4 Å². The van der Waals surface area contributed by atoms with Gasteiger partial charge in [-0.2, -0.15) is 0 Å². The second-order valence-corrected chi connectivity index (χ2v) is 10.5. The number of anilines is 2. The summed E-state index contributed by atoms with van der Waals surface area (Å²) in [5.41, 5.74) is 1.25. The molecule has 1 N–H and O–H groups in total. The van der Waals surface area contributed by atoms with Gasteiger partial charge in [-0.15, -0.1) is 0 Å². The van der Waals surface area contributed by atoms with E-state index in [9.17, 15) is 22.0 Å². The summed E-state index contributed by atoms with van der Waals surface area (Å²) in [5, 5.41) is 3.27. The van der Waals surface area contributed by atoms with Crippen molar-refractivity contribution in [1.82, 2.24) is 9.55 Å². The molecule has 1 unspecified atom stereocenters. The zero-order chi connectivity index (χ0) is 24.8. The van der Waals surface area contributed by atoms with Crippen molar-refractivity contribution in [2.75, 3.05) is 42.8 Å². The quantitative estimate of drug-likeness (QED) is 0.585. The first-order valence-electron chi connectivity index (χ1n) is 10.8. The number of hydrogen-bond donors (Lipinski definition) is 1. The molecule has 0 radical (unpaired) electrons. The molecule has 0 spiro atoms. The summed E-state index contributed by atoms with van der Waals surface area (Å²) in [7, 11) is -2.26. The lowest BCUT2D eigenvalue weighted by molar-refractivity contribution is 0.121. The number of halogens is 2. The summed E-state index contributed by atoms with van der Waals surface area (Å²) in [5.74, 6) is -1.53. The van der Waals surface area contributed by atoms with E-state index in [2.05, 4.69) is 5.32 Å². The largest absolute Gasteiger partial charge is 0.378 e. The fourth-order valence-electron chi connectivity index (χ4n) is 4.19. The number of sulfone groups is 1. The van der Waals surface area contributed by atoms with Crippen LogP contribution < -0.4 is 15.8 Å². The highest BCUT2D eigenvalue weighted by Crippen LogP contribution is 2.32. The van der Waals surface area contributed by atoms with Crippen LogP contribution in [-0.2, 0) is 21.6 Å². The lowest BCUT2D eigenvalue weighted by Crippen LogP contribution is -2.40. The fourth-order valence-corrected chi connectivity index (χ4v) is 5.05. The molecule has 8 nitrogen and oxygen atoms in total. The minimum Gasteiger partial charge on any atom is -0.378 e. The molecule has 1 aromatic heterocycles. The Morgan fingerprint density at radius 3 is 2.47 bits per heavy atom. The number of ether oxygens (including phenoxy) is 1. The van der Waals surface area contributed by atoms with Gasteiger partial charge in [0.2, 0.25) is 5.95 Å². The summed E-state index contributed by atoms with van der Waals surface area (Å²) in [6.07, 6.45) is 0.888. The second kappa shape index (κ2) is 8.95. The van der Waals surface area contributed by atoms with Gasteiger partial charge in [-0.1, -0.05) is 6.07 Å². The maximum Gasteiger partial charge on any atom is 0.262 e. The van der Waals surface area contributed by atoms with Gasteiger partial charge in [0.15, 0.2) is 15.7 Å². The SMILES string of the molecule is Cc1cc(C(C)Nc2c(F)cc(F)cc2S(C)(=O)=O)c2nc(N3CCOCC3)n(C)c(=O)c2c1. The highest BCUT2D eigenvalue weighted by molar-refractivity contribution is 7.90. The van der Waals surface area contributed by atoms with Crippen LogP contribution in [0.25, 0.3) is 10.9 Å². The van der Waals surface area contributed by atoms with Gasteiger partial charge < -0.3 is 15.0 Å². The number of rotatable bonds is 5. The molecular formula is C23H26F2N4O4S. The first-order valence-corrected chi connectivity index (χ1v) is 12.7. The molecule has 0 amide bonds. The average molecular weight is 493 g/mol. The number of nitrogens with one attached hydrogen (secondary N) is 1. The van der Waals surface area contributed by atoms with Crippen molar-refractivity contribution in [3.05, 3.63) is 57.4 Å². The fraction of sp³-hybridized carbons (Fsp3) is 0.391. The zero-order valence-electron chi connectivity index (χ0n) is 19.4. The van der Waals surface area contributed by atoms with Crippen LogP contribution in [-0.4, -0.2) is 50.5 Å². The number of aromatic nitrogens is 2. The molecule has 34 heavy (non-hydrogen) atoms. The van der Waals surface area contributed by atoms with Crippen LogP contribution >= 0.6 is 0 Å². The number of benzene rings is 2. The Morgan fingerprint density at radius 1 is 1.15 bits per heavy atom. The maximum absolute atomic E-state index is 14.7. The van der Waals surface area contributed by atoms with Gasteiger partial charge in [-0.25, -0.2) is 22.2 Å². The molecule has 0 bridgehead atoms. The molecular weight excluding hydrogens is 466 g/mol. The van der Waals surface area contributed by atoms with E-state index in [0.717, 1.165) is 17.9 Å². The summed E-state index contributed by atoms with van der Waals surface area (Å²) in [6, 6.07) is 4.32. The Kier molecular flexibility index (Phi) is 6.34. The first kappa shape index (κ1) is 24.1. The highest BCUT2D eigenvalue weighted by atomic mass is 32.2. The number of morpholine rings is 1. The van der Waals surface area contributed by atoms with Gasteiger partial charge in [0.1, 0.15) is 5.82 Å². The maximum atomic E-state index is 14.7. The average Bonchev–Trinajstić information content (AvgIpc) is 2.77. The predicted octanol–water partition coefficient (Wildman–Crippen LogP) is 2.93. The molecule has 1 atom stereocenters. The third-order valence-electron chi connectivity index (χ3n) is 5.87. The zero-order valence-corrected chi connectivity index (χ0v) is 20.2. The third-order valence-corrected chi connectivity index (χ3v) is 6.99. The van der Waals surface area contributed by atoms with Crippen LogP contribution in [0.2, 0.25) is 0 Å². The Morgan fingerprint density at radius 2 is 1.82 bits per heavy atom. The number of hydrogen-bond acceptors (Lipinski definition) is 7. The molecule has 1 saturated heterocycles. The van der Waals surface area contributed by atoms with Gasteiger partial charge in [0.05, 0.1) is 40.7 Å². The standard InChI is InChI=1S/C23H26F2N4O4S/c1-13-9-16(14(2)26-21-18(25)11-15(24)12-19(21)34(4,31)32)20-17(10-13)22(30)28(3)23(27-20)29-5-7-33-8-6-29/h9-12,14,26H,5-8H2,1-4H3. The van der Waals surface area contributed by atoms with Gasteiger partial charge in [-0.3, -0.25) is 9.36 Å². The molecule has 3 aromatic rings. The summed E-state index contributed by atoms with van der Waals surface area (Å²) < 4.78 is 59.7. The van der Waals surface area contributed by atoms with E-state index >= 15 is 0 Å². The van der Waals surface area contributed by atoms with E-state index in [1.54, 1.807) is 20.0 Å². The van der Waals surface area contributed by atoms with Gasteiger partial charge >= 0.3 is 0 Å². The van der Waals surface area contributed by atoms with E-state index in [0.29, 0.717) is 54.8 Å². The molecule has 2 heterocycles. The molecule has 1 aliphatic heterocycles. The predicted molar refractivity (Wildman–Crippen MR) is 126 cm³/mol. The van der Waals surface area contributed by atoms with E-state index < -0.39 is 32.4 Å². The van der Waals surface area contributed by atoms with E-state index in [1.165, 1.54) is 4.57 Å². The summed E-state index contributed by atoms with van der Waals surface area (Å²) in [6.45, 7) is 5.73. The van der Waals surface area contributed by atoms with E-state index in [1.807, 2.05) is 17.9 Å². The van der Waals surface area contributed by atoms with Crippen LogP contribution in [0.15, 0.2) is 34.0 Å². The summed E-state index contributed by atoms with van der Waals surface area (Å²) >= 11 is 0. The van der Waals surface area contributed by atoms with E-state index in [4.69, 9.17) is 9.72 Å². The van der Waals surface area contributed by atoms with Crippen LogP contribution in [0.5, 0.6) is 0 Å². The van der Waals surface area contributed by atoms with Crippen molar-refractivity contribution in [3.8, 4) is 0 Å². The third kappa shape index (κ3) is 4.49. The van der Waals surface area contributed by atoms with Crippen molar-refractivity contribution < 1.29 is 21.9 Å². The molecule has 182 valence electrons. The van der Waals surface area contributed by atoms with Crippen molar-refractivity contribution >= 4 is 32.4 Å². The van der Waals surface area contributed by atoms with Gasteiger partial charge in [-0.05, 0) is 31.5 Å². The van der Waals surface area contributed by atoms with Crippen molar-refractivity contribution in [1.29, 1.82) is 0 Å². The van der Waals surface area contributed by atoms with Crippen LogP contribution in [0.1, 0.15) is 24.1 Å². The Bertz CT molecular complexity index is 1430. The van der Waals surface area contributed by atoms with Crippen molar-refractivity contribution in [2.24, 2.45) is 7.05 Å². The summed E-state index contributed by atoms with van der Waals surface area (Å²) in [4.78, 5) is 19.5. The second-order valence-electron chi connectivity index (χ2n) is 8.52. The normalized spacial score (nSPS) is 15.5. The number of fused-ring (bicyclic) bond motifs is 1. The Labute approximate surface area is 196 Å². The van der Waals surface area contributed by atoms with Crippen LogP contribution in [0.3, 0.4) is 0 Å². The Balaban J connectivity index is 1.87. The number of nitrogens with zero attached hydrogens (tertiary/aromatic N) is 3. The monoisotopic (exact) mass is 492 g/mol. The lowest BCUT2D eigenvalue weighted by atomic mass is 10.0. The van der Waals surface area contributed by atoms with Gasteiger partial charge in [0.25, 0.3) is 5.56 Å². The van der Waals surface area contributed by atoms with Crippen molar-refractivity contribution in [3.63, 3.8) is 0 Å². The molecule has 0 aliphatic carbocycles. The smallest absolute Gasteiger partial charge is 0.262 e. The molecule has 0 saturated carbocycles. The topological polar surface area (TPSA) is 93.5 Å². The molecule has 4 rings (SSSR count). The molecule has 11 heteroatoms. The van der Waals surface area contributed by atoms with Crippen molar-refractivity contribution in [2.45, 2.75) is 24.8 Å². The Hall–Kier alpha value is -3.05. The minimum atomic E-state index is -3.92. The highest BCUT2D eigenvalue weighted by Gasteiger charge is 2.24. The van der Waals surface area contributed by atoms with Gasteiger partial charge in [0, 0.05) is 38.0 Å². The number of aryl methyl sites for hydroxylation is 1. The molecule has 2 aromatic carbocycles. The van der Waals surface area contributed by atoms with Crippen LogP contribution in [0, 0.1) is 18.6 Å². The van der Waals surface area contributed by atoms with E-state index in [-0.39, 0.29) is 11.2 Å².